The van der Waals surface area contributed by atoms with E-state index in [1.165, 1.54) is 32.1 Å². The van der Waals surface area contributed by atoms with Crippen LogP contribution >= 0.6 is 0 Å². The number of hydrogen-bond donors (Lipinski definition) is 1. The number of rotatable bonds is 4. The first kappa shape index (κ1) is 15.7. The summed E-state index contributed by atoms with van der Waals surface area (Å²) in [4.78, 5) is 12.3. The van der Waals surface area contributed by atoms with Crippen molar-refractivity contribution < 1.29 is 4.79 Å². The van der Waals surface area contributed by atoms with E-state index < -0.39 is 0 Å². The minimum atomic E-state index is 0.103. The summed E-state index contributed by atoms with van der Waals surface area (Å²) in [6.07, 6.45) is 8.37. The molecule has 1 amide bonds. The zero-order chi connectivity index (χ0) is 17.1. The van der Waals surface area contributed by atoms with Crippen LogP contribution in [0.3, 0.4) is 0 Å². The zero-order valence-corrected chi connectivity index (χ0v) is 14.1. The van der Waals surface area contributed by atoms with Crippen LogP contribution in [0, 0.1) is 5.92 Å². The Balaban J connectivity index is 1.47. The molecule has 128 valence electrons. The highest BCUT2D eigenvalue weighted by Gasteiger charge is 2.17. The van der Waals surface area contributed by atoms with Gasteiger partial charge in [-0.3, -0.25) is 4.79 Å². The second-order valence-corrected chi connectivity index (χ2v) is 6.69. The summed E-state index contributed by atoms with van der Waals surface area (Å²) >= 11 is 0. The van der Waals surface area contributed by atoms with Gasteiger partial charge in [-0.25, -0.2) is 0 Å². The zero-order valence-electron chi connectivity index (χ0n) is 14.1. The summed E-state index contributed by atoms with van der Waals surface area (Å²) in [5.74, 6) is 0.640. The maximum atomic E-state index is 12.3. The van der Waals surface area contributed by atoms with Gasteiger partial charge in [0.1, 0.15) is 6.33 Å². The predicted octanol–water partition coefficient (Wildman–Crippen LogP) is 3.70. The van der Waals surface area contributed by atoms with Gasteiger partial charge < -0.3 is 5.32 Å². The van der Waals surface area contributed by atoms with E-state index in [0.717, 1.165) is 16.9 Å². The lowest BCUT2D eigenvalue weighted by Crippen LogP contribution is -2.18. The number of benzene rings is 1. The van der Waals surface area contributed by atoms with Gasteiger partial charge in [-0.1, -0.05) is 31.4 Å². The van der Waals surface area contributed by atoms with E-state index in [-0.39, 0.29) is 5.91 Å². The molecular weight excluding hydrogens is 314 g/mol. The fourth-order valence-electron chi connectivity index (χ4n) is 3.50. The maximum absolute atomic E-state index is 12.3. The average molecular weight is 335 g/mol. The van der Waals surface area contributed by atoms with Crippen molar-refractivity contribution in [3.63, 3.8) is 0 Å². The van der Waals surface area contributed by atoms with Crippen LogP contribution in [0.15, 0.2) is 42.7 Å². The van der Waals surface area contributed by atoms with E-state index in [9.17, 15) is 4.79 Å². The first-order chi connectivity index (χ1) is 12.3. The molecule has 0 unspecified atom stereocenters. The van der Waals surface area contributed by atoms with Crippen molar-refractivity contribution in [2.45, 2.75) is 38.5 Å². The van der Waals surface area contributed by atoms with Gasteiger partial charge in [-0.05, 0) is 43.0 Å². The Kier molecular flexibility index (Phi) is 4.41. The van der Waals surface area contributed by atoms with Gasteiger partial charge in [0.15, 0.2) is 5.65 Å². The second-order valence-electron chi connectivity index (χ2n) is 6.69. The van der Waals surface area contributed by atoms with Crippen LogP contribution in [-0.2, 0) is 4.79 Å². The van der Waals surface area contributed by atoms with Crippen molar-refractivity contribution in [3.05, 3.63) is 42.7 Å². The van der Waals surface area contributed by atoms with Gasteiger partial charge >= 0.3 is 0 Å². The van der Waals surface area contributed by atoms with E-state index in [4.69, 9.17) is 0 Å². The summed E-state index contributed by atoms with van der Waals surface area (Å²) in [5.41, 5.74) is 3.28. The molecule has 6 heteroatoms. The summed E-state index contributed by atoms with van der Waals surface area (Å²) in [5, 5.41) is 15.3. The number of carbonyl (C=O) groups is 1. The summed E-state index contributed by atoms with van der Waals surface area (Å²) in [6, 6.07) is 11.6. The van der Waals surface area contributed by atoms with Crippen LogP contribution in [0.1, 0.15) is 38.5 Å². The molecule has 1 aromatic carbocycles. The number of anilines is 1. The fourth-order valence-corrected chi connectivity index (χ4v) is 3.50. The Morgan fingerprint density at radius 3 is 2.92 bits per heavy atom. The quantitative estimate of drug-likeness (QED) is 0.789. The number of fused-ring (bicyclic) bond motifs is 1. The molecule has 1 saturated carbocycles. The van der Waals surface area contributed by atoms with E-state index >= 15 is 0 Å². The molecule has 1 N–H and O–H groups in total. The predicted molar refractivity (Wildman–Crippen MR) is 96.0 cm³/mol. The fraction of sp³-hybridized carbons (Fsp3) is 0.368. The van der Waals surface area contributed by atoms with Gasteiger partial charge in [-0.15, -0.1) is 10.2 Å². The number of carbonyl (C=O) groups excluding carboxylic acids is 1. The van der Waals surface area contributed by atoms with Crippen molar-refractivity contribution in [1.82, 2.24) is 19.8 Å². The topological polar surface area (TPSA) is 72.2 Å². The summed E-state index contributed by atoms with van der Waals surface area (Å²) in [6.45, 7) is 0. The van der Waals surface area contributed by atoms with Crippen LogP contribution in [0.4, 0.5) is 5.69 Å². The van der Waals surface area contributed by atoms with Gasteiger partial charge in [0.25, 0.3) is 0 Å². The third kappa shape index (κ3) is 3.68. The van der Waals surface area contributed by atoms with Crippen molar-refractivity contribution >= 4 is 17.2 Å². The molecule has 2 aromatic heterocycles. The SMILES string of the molecule is O=C(CC1CCCCC1)Nc1cccc(-c2ccc3nncn3n2)c1. The number of nitrogens with one attached hydrogen (secondary N) is 1. The van der Waals surface area contributed by atoms with Crippen LogP contribution in [0.25, 0.3) is 16.9 Å². The standard InChI is InChI=1S/C19H21N5O/c25-19(11-14-5-2-1-3-6-14)21-16-8-4-7-15(12-16)17-9-10-18-22-20-13-24(18)23-17/h4,7-10,12-14H,1-3,5-6,11H2,(H,21,25). The van der Waals surface area contributed by atoms with E-state index in [0.29, 0.717) is 18.0 Å². The highest BCUT2D eigenvalue weighted by molar-refractivity contribution is 5.91. The molecule has 0 saturated heterocycles. The number of amides is 1. The van der Waals surface area contributed by atoms with Crippen molar-refractivity contribution in [2.24, 2.45) is 5.92 Å². The van der Waals surface area contributed by atoms with Crippen molar-refractivity contribution in [1.29, 1.82) is 0 Å². The van der Waals surface area contributed by atoms with Crippen LogP contribution < -0.4 is 5.32 Å². The molecule has 3 aromatic rings. The molecule has 0 aliphatic heterocycles. The van der Waals surface area contributed by atoms with E-state index in [1.54, 1.807) is 10.8 Å². The van der Waals surface area contributed by atoms with Gasteiger partial charge in [0.05, 0.1) is 5.69 Å². The Morgan fingerprint density at radius 1 is 1.16 bits per heavy atom. The van der Waals surface area contributed by atoms with Gasteiger partial charge in [-0.2, -0.15) is 9.61 Å². The monoisotopic (exact) mass is 335 g/mol. The molecule has 2 heterocycles. The second kappa shape index (κ2) is 7.01. The lowest BCUT2D eigenvalue weighted by Gasteiger charge is -2.20. The molecule has 1 fully saturated rings. The molecule has 0 atom stereocenters. The van der Waals surface area contributed by atoms with E-state index in [1.807, 2.05) is 36.4 Å². The maximum Gasteiger partial charge on any atom is 0.224 e. The lowest BCUT2D eigenvalue weighted by atomic mass is 9.87. The highest BCUT2D eigenvalue weighted by atomic mass is 16.1. The minimum Gasteiger partial charge on any atom is -0.326 e. The smallest absolute Gasteiger partial charge is 0.224 e. The molecular formula is C19H21N5O. The van der Waals surface area contributed by atoms with Crippen LogP contribution in [0.2, 0.25) is 0 Å². The Morgan fingerprint density at radius 2 is 2.04 bits per heavy atom. The lowest BCUT2D eigenvalue weighted by molar-refractivity contribution is -0.117. The highest BCUT2D eigenvalue weighted by Crippen LogP contribution is 2.27. The Hall–Kier alpha value is -2.76. The minimum absolute atomic E-state index is 0.103. The van der Waals surface area contributed by atoms with Crippen molar-refractivity contribution in [3.8, 4) is 11.3 Å². The third-order valence-electron chi connectivity index (χ3n) is 4.80. The molecule has 1 aliphatic carbocycles. The number of aromatic nitrogens is 4. The normalized spacial score (nSPS) is 15.4. The molecule has 0 radical (unpaired) electrons. The molecule has 4 rings (SSSR count). The van der Waals surface area contributed by atoms with Gasteiger partial charge in [0.2, 0.25) is 5.91 Å². The number of nitrogens with zero attached hydrogens (tertiary/aromatic N) is 4. The molecule has 25 heavy (non-hydrogen) atoms. The van der Waals surface area contributed by atoms with Crippen LogP contribution in [-0.4, -0.2) is 25.7 Å². The van der Waals surface area contributed by atoms with Crippen LogP contribution in [0.5, 0.6) is 0 Å². The third-order valence-corrected chi connectivity index (χ3v) is 4.80. The molecule has 0 spiro atoms. The Bertz CT molecular complexity index is 882. The summed E-state index contributed by atoms with van der Waals surface area (Å²) < 4.78 is 1.64. The largest absolute Gasteiger partial charge is 0.326 e. The summed E-state index contributed by atoms with van der Waals surface area (Å²) in [7, 11) is 0. The number of hydrogen-bond acceptors (Lipinski definition) is 4. The first-order valence-electron chi connectivity index (χ1n) is 8.85. The van der Waals surface area contributed by atoms with E-state index in [2.05, 4.69) is 20.6 Å². The molecule has 6 nitrogen and oxygen atoms in total. The first-order valence-corrected chi connectivity index (χ1v) is 8.85. The Labute approximate surface area is 146 Å². The molecule has 1 aliphatic rings. The van der Waals surface area contributed by atoms with Gasteiger partial charge in [0, 0.05) is 17.7 Å². The molecule has 0 bridgehead atoms. The average Bonchev–Trinajstić information content (AvgIpc) is 3.10. The van der Waals surface area contributed by atoms with Crippen molar-refractivity contribution in [2.75, 3.05) is 5.32 Å².